The standard InChI is InChI=1S/C15H12ClNO/c16-15-8-13(9-17)6-7-14(15)11-18-10-12-4-2-1-3-5-12/h1-8H,10-11H2. The lowest BCUT2D eigenvalue weighted by atomic mass is 10.1. The molecule has 0 bridgehead atoms. The van der Waals surface area contributed by atoms with Crippen LogP contribution in [0, 0.1) is 11.3 Å². The second-order valence-corrected chi connectivity index (χ2v) is 4.30. The van der Waals surface area contributed by atoms with Crippen LogP contribution in [0.15, 0.2) is 48.5 Å². The molecular weight excluding hydrogens is 246 g/mol. The summed E-state index contributed by atoms with van der Waals surface area (Å²) in [6.45, 7) is 0.997. The molecule has 0 aliphatic heterocycles. The third-order valence-corrected chi connectivity index (χ3v) is 2.90. The van der Waals surface area contributed by atoms with E-state index in [0.717, 1.165) is 11.1 Å². The summed E-state index contributed by atoms with van der Waals surface area (Å²) in [6.07, 6.45) is 0. The second-order valence-electron chi connectivity index (χ2n) is 3.90. The fraction of sp³-hybridized carbons (Fsp3) is 0.133. The smallest absolute Gasteiger partial charge is 0.0992 e. The quantitative estimate of drug-likeness (QED) is 0.831. The first kappa shape index (κ1) is 12.6. The van der Waals surface area contributed by atoms with Crippen molar-refractivity contribution >= 4 is 11.6 Å². The van der Waals surface area contributed by atoms with Gasteiger partial charge in [0.25, 0.3) is 0 Å². The summed E-state index contributed by atoms with van der Waals surface area (Å²) in [5.74, 6) is 0. The van der Waals surface area contributed by atoms with Crippen LogP contribution in [0.4, 0.5) is 0 Å². The average Bonchev–Trinajstić information content (AvgIpc) is 2.42. The van der Waals surface area contributed by atoms with Crippen molar-refractivity contribution in [3.8, 4) is 6.07 Å². The number of nitriles is 1. The Morgan fingerprint density at radius 1 is 1.06 bits per heavy atom. The number of benzene rings is 2. The van der Waals surface area contributed by atoms with Crippen LogP contribution in [0.25, 0.3) is 0 Å². The van der Waals surface area contributed by atoms with E-state index in [1.807, 2.05) is 36.4 Å². The van der Waals surface area contributed by atoms with Crippen LogP contribution in [0.1, 0.15) is 16.7 Å². The van der Waals surface area contributed by atoms with E-state index in [9.17, 15) is 0 Å². The van der Waals surface area contributed by atoms with Crippen molar-refractivity contribution in [1.29, 1.82) is 5.26 Å². The molecule has 0 aliphatic rings. The van der Waals surface area contributed by atoms with E-state index in [-0.39, 0.29) is 0 Å². The van der Waals surface area contributed by atoms with E-state index in [0.29, 0.717) is 23.8 Å². The SMILES string of the molecule is N#Cc1ccc(COCc2ccccc2)c(Cl)c1. The molecule has 0 radical (unpaired) electrons. The number of rotatable bonds is 4. The van der Waals surface area contributed by atoms with Crippen molar-refractivity contribution in [2.45, 2.75) is 13.2 Å². The van der Waals surface area contributed by atoms with E-state index in [4.69, 9.17) is 21.6 Å². The topological polar surface area (TPSA) is 33.0 Å². The molecule has 0 atom stereocenters. The van der Waals surface area contributed by atoms with Gasteiger partial charge < -0.3 is 4.74 Å². The summed E-state index contributed by atoms with van der Waals surface area (Å²) in [6, 6.07) is 17.2. The minimum absolute atomic E-state index is 0.444. The molecule has 0 amide bonds. The van der Waals surface area contributed by atoms with Gasteiger partial charge in [-0.2, -0.15) is 5.26 Å². The first-order chi connectivity index (χ1) is 8.79. The summed E-state index contributed by atoms with van der Waals surface area (Å²) in [7, 11) is 0. The molecule has 2 aromatic carbocycles. The van der Waals surface area contributed by atoms with Crippen LogP contribution in [0.3, 0.4) is 0 Å². The Hall–Kier alpha value is -1.82. The van der Waals surface area contributed by atoms with Gasteiger partial charge in [0.1, 0.15) is 0 Å². The molecule has 0 N–H and O–H groups in total. The number of ether oxygens (including phenoxy) is 1. The number of hydrogen-bond donors (Lipinski definition) is 0. The molecule has 0 saturated carbocycles. The zero-order valence-corrected chi connectivity index (χ0v) is 10.5. The monoisotopic (exact) mass is 257 g/mol. The van der Waals surface area contributed by atoms with Crippen molar-refractivity contribution in [3.05, 3.63) is 70.2 Å². The fourth-order valence-electron chi connectivity index (χ4n) is 1.59. The lowest BCUT2D eigenvalue weighted by Crippen LogP contribution is -1.95. The van der Waals surface area contributed by atoms with Crippen LogP contribution in [-0.2, 0) is 18.0 Å². The predicted molar refractivity (Wildman–Crippen MR) is 71.1 cm³/mol. The van der Waals surface area contributed by atoms with Crippen LogP contribution in [0.5, 0.6) is 0 Å². The van der Waals surface area contributed by atoms with Gasteiger partial charge in [-0.05, 0) is 23.3 Å². The lowest BCUT2D eigenvalue weighted by Gasteiger charge is -2.06. The minimum atomic E-state index is 0.444. The van der Waals surface area contributed by atoms with E-state index in [1.54, 1.807) is 12.1 Å². The Balaban J connectivity index is 1.93. The van der Waals surface area contributed by atoms with Crippen molar-refractivity contribution < 1.29 is 4.74 Å². The van der Waals surface area contributed by atoms with Gasteiger partial charge in [0.05, 0.1) is 24.8 Å². The molecule has 2 rings (SSSR count). The minimum Gasteiger partial charge on any atom is -0.372 e. The zero-order chi connectivity index (χ0) is 12.8. The summed E-state index contributed by atoms with van der Waals surface area (Å²) >= 11 is 6.06. The maximum absolute atomic E-state index is 8.74. The van der Waals surface area contributed by atoms with Crippen LogP contribution in [-0.4, -0.2) is 0 Å². The van der Waals surface area contributed by atoms with Gasteiger partial charge in [0.2, 0.25) is 0 Å². The summed E-state index contributed by atoms with van der Waals surface area (Å²) < 4.78 is 5.59. The molecule has 0 unspecified atom stereocenters. The molecule has 0 saturated heterocycles. The maximum atomic E-state index is 8.74. The first-order valence-electron chi connectivity index (χ1n) is 5.60. The zero-order valence-electron chi connectivity index (χ0n) is 9.77. The highest BCUT2D eigenvalue weighted by Crippen LogP contribution is 2.18. The highest BCUT2D eigenvalue weighted by Gasteiger charge is 2.02. The summed E-state index contributed by atoms with van der Waals surface area (Å²) in [5, 5.41) is 9.31. The molecular formula is C15H12ClNO. The molecule has 90 valence electrons. The Bertz CT molecular complexity index is 560. The normalized spacial score (nSPS) is 10.0. The number of halogens is 1. The largest absolute Gasteiger partial charge is 0.372 e. The molecule has 0 heterocycles. The molecule has 0 aromatic heterocycles. The lowest BCUT2D eigenvalue weighted by molar-refractivity contribution is 0.107. The summed E-state index contributed by atoms with van der Waals surface area (Å²) in [5.41, 5.74) is 2.58. The molecule has 18 heavy (non-hydrogen) atoms. The average molecular weight is 258 g/mol. The molecule has 2 nitrogen and oxygen atoms in total. The Kier molecular flexibility index (Phi) is 4.35. The van der Waals surface area contributed by atoms with Crippen molar-refractivity contribution in [3.63, 3.8) is 0 Å². The Morgan fingerprint density at radius 3 is 2.50 bits per heavy atom. The molecule has 0 aliphatic carbocycles. The fourth-order valence-corrected chi connectivity index (χ4v) is 1.82. The molecule has 0 fully saturated rings. The van der Waals surface area contributed by atoms with E-state index in [2.05, 4.69) is 6.07 Å². The van der Waals surface area contributed by atoms with Gasteiger partial charge >= 0.3 is 0 Å². The Labute approximate surface area is 111 Å². The van der Waals surface area contributed by atoms with Crippen LogP contribution < -0.4 is 0 Å². The van der Waals surface area contributed by atoms with Crippen molar-refractivity contribution in [2.75, 3.05) is 0 Å². The van der Waals surface area contributed by atoms with Gasteiger partial charge in [0, 0.05) is 5.02 Å². The van der Waals surface area contributed by atoms with E-state index >= 15 is 0 Å². The summed E-state index contributed by atoms with van der Waals surface area (Å²) in [4.78, 5) is 0. The number of hydrogen-bond acceptors (Lipinski definition) is 2. The molecule has 0 spiro atoms. The second kappa shape index (κ2) is 6.20. The Morgan fingerprint density at radius 2 is 1.83 bits per heavy atom. The highest BCUT2D eigenvalue weighted by atomic mass is 35.5. The van der Waals surface area contributed by atoms with Gasteiger partial charge in [-0.1, -0.05) is 48.0 Å². The van der Waals surface area contributed by atoms with Gasteiger partial charge in [-0.25, -0.2) is 0 Å². The molecule has 2 aromatic rings. The maximum Gasteiger partial charge on any atom is 0.0992 e. The van der Waals surface area contributed by atoms with Crippen LogP contribution in [0.2, 0.25) is 5.02 Å². The third-order valence-electron chi connectivity index (χ3n) is 2.55. The third kappa shape index (κ3) is 3.33. The van der Waals surface area contributed by atoms with Gasteiger partial charge in [0.15, 0.2) is 0 Å². The highest BCUT2D eigenvalue weighted by molar-refractivity contribution is 6.31. The predicted octanol–water partition coefficient (Wildman–Crippen LogP) is 3.93. The molecule has 3 heteroatoms. The van der Waals surface area contributed by atoms with Crippen molar-refractivity contribution in [1.82, 2.24) is 0 Å². The van der Waals surface area contributed by atoms with Gasteiger partial charge in [-0.3, -0.25) is 0 Å². The first-order valence-corrected chi connectivity index (χ1v) is 5.97. The van der Waals surface area contributed by atoms with E-state index in [1.165, 1.54) is 0 Å². The van der Waals surface area contributed by atoms with Crippen molar-refractivity contribution in [2.24, 2.45) is 0 Å². The number of nitrogens with zero attached hydrogens (tertiary/aromatic N) is 1. The van der Waals surface area contributed by atoms with E-state index < -0.39 is 0 Å². The van der Waals surface area contributed by atoms with Crippen LogP contribution >= 0.6 is 11.6 Å². The van der Waals surface area contributed by atoms with Gasteiger partial charge in [-0.15, -0.1) is 0 Å².